The molecule has 0 amide bonds. The Hall–Kier alpha value is -1.24. The summed E-state index contributed by atoms with van der Waals surface area (Å²) in [5.74, 6) is 1.06. The first-order valence-electron chi connectivity index (χ1n) is 5.32. The van der Waals surface area contributed by atoms with E-state index in [4.69, 9.17) is 4.74 Å². The molecule has 0 unspecified atom stereocenters. The number of hydrogen-bond donors (Lipinski definition) is 0. The first kappa shape index (κ1) is 9.32. The van der Waals surface area contributed by atoms with E-state index in [2.05, 4.69) is 37.3 Å². The zero-order valence-electron chi connectivity index (χ0n) is 8.62. The van der Waals surface area contributed by atoms with Crippen LogP contribution in [0.4, 0.5) is 0 Å². The van der Waals surface area contributed by atoms with Crippen LogP contribution in [0.25, 0.3) is 5.76 Å². The van der Waals surface area contributed by atoms with Crippen molar-refractivity contribution in [1.29, 1.82) is 0 Å². The highest BCUT2D eigenvalue weighted by Crippen LogP contribution is 2.22. The van der Waals surface area contributed by atoms with Crippen molar-refractivity contribution in [3.63, 3.8) is 0 Å². The zero-order chi connectivity index (χ0) is 9.80. The van der Waals surface area contributed by atoms with Crippen molar-refractivity contribution in [1.82, 2.24) is 0 Å². The Kier molecular flexibility index (Phi) is 2.87. The van der Waals surface area contributed by atoms with Crippen LogP contribution in [0, 0.1) is 0 Å². The average molecular weight is 188 g/mol. The summed E-state index contributed by atoms with van der Waals surface area (Å²) in [5, 5.41) is 0. The quantitative estimate of drug-likeness (QED) is 0.691. The highest BCUT2D eigenvalue weighted by atomic mass is 16.5. The molecule has 0 atom stereocenters. The molecule has 0 saturated carbocycles. The molecule has 1 aromatic carbocycles. The maximum absolute atomic E-state index is 5.62. The van der Waals surface area contributed by atoms with Crippen molar-refractivity contribution in [2.24, 2.45) is 0 Å². The lowest BCUT2D eigenvalue weighted by atomic mass is 10.1. The summed E-state index contributed by atoms with van der Waals surface area (Å²) in [7, 11) is 0. The van der Waals surface area contributed by atoms with Crippen molar-refractivity contribution < 1.29 is 4.74 Å². The van der Waals surface area contributed by atoms with Gasteiger partial charge in [0.05, 0.1) is 6.61 Å². The maximum atomic E-state index is 5.62. The highest BCUT2D eigenvalue weighted by molar-refractivity contribution is 5.60. The molecule has 0 aromatic heterocycles. The third kappa shape index (κ3) is 1.98. The smallest absolute Gasteiger partial charge is 0.122 e. The third-order valence-corrected chi connectivity index (χ3v) is 2.56. The molecule has 14 heavy (non-hydrogen) atoms. The fourth-order valence-corrected chi connectivity index (χ4v) is 1.70. The predicted octanol–water partition coefficient (Wildman–Crippen LogP) is 3.40. The lowest BCUT2D eigenvalue weighted by molar-refractivity contribution is 0.259. The summed E-state index contributed by atoms with van der Waals surface area (Å²) >= 11 is 0. The first-order chi connectivity index (χ1) is 6.90. The standard InChI is InChI=1S/C13H16O/c1-2-11-6-5-7-12(10-11)13-8-3-4-9-14-13/h5-8,10H,2-4,9H2,1H3. The van der Waals surface area contributed by atoms with E-state index in [1.165, 1.54) is 11.1 Å². The van der Waals surface area contributed by atoms with Gasteiger partial charge in [0, 0.05) is 5.56 Å². The monoisotopic (exact) mass is 188 g/mol. The van der Waals surface area contributed by atoms with Crippen molar-refractivity contribution in [3.05, 3.63) is 41.5 Å². The largest absolute Gasteiger partial charge is 0.493 e. The van der Waals surface area contributed by atoms with Gasteiger partial charge < -0.3 is 4.74 Å². The van der Waals surface area contributed by atoms with Gasteiger partial charge in [-0.05, 0) is 37.0 Å². The number of rotatable bonds is 2. The van der Waals surface area contributed by atoms with Gasteiger partial charge in [-0.2, -0.15) is 0 Å². The summed E-state index contributed by atoms with van der Waals surface area (Å²) in [4.78, 5) is 0. The van der Waals surface area contributed by atoms with Crippen LogP contribution in [-0.2, 0) is 11.2 Å². The summed E-state index contributed by atoms with van der Waals surface area (Å²) in [5.41, 5.74) is 2.60. The molecule has 0 N–H and O–H groups in total. The van der Waals surface area contributed by atoms with E-state index in [0.717, 1.165) is 31.6 Å². The van der Waals surface area contributed by atoms with Crippen LogP contribution < -0.4 is 0 Å². The van der Waals surface area contributed by atoms with Gasteiger partial charge in [0.2, 0.25) is 0 Å². The molecule has 0 aliphatic carbocycles. The van der Waals surface area contributed by atoms with E-state index in [0.29, 0.717) is 0 Å². The van der Waals surface area contributed by atoms with Gasteiger partial charge in [-0.1, -0.05) is 25.1 Å². The fraction of sp³-hybridized carbons (Fsp3) is 0.385. The second kappa shape index (κ2) is 4.32. The number of allylic oxidation sites excluding steroid dienone is 1. The van der Waals surface area contributed by atoms with Gasteiger partial charge >= 0.3 is 0 Å². The Morgan fingerprint density at radius 1 is 1.36 bits per heavy atom. The van der Waals surface area contributed by atoms with Crippen LogP contribution in [0.3, 0.4) is 0 Å². The molecule has 1 nitrogen and oxygen atoms in total. The Balaban J connectivity index is 2.26. The Morgan fingerprint density at radius 3 is 3.00 bits per heavy atom. The van der Waals surface area contributed by atoms with Crippen molar-refractivity contribution in [3.8, 4) is 0 Å². The van der Waals surface area contributed by atoms with Gasteiger partial charge in [-0.3, -0.25) is 0 Å². The molecular formula is C13H16O. The molecule has 2 rings (SSSR count). The SMILES string of the molecule is CCc1cccc(C2=CCCCO2)c1. The molecule has 1 aromatic rings. The lowest BCUT2D eigenvalue weighted by Crippen LogP contribution is -2.00. The zero-order valence-corrected chi connectivity index (χ0v) is 8.62. The van der Waals surface area contributed by atoms with Crippen molar-refractivity contribution >= 4 is 5.76 Å². The number of ether oxygens (including phenoxy) is 1. The Bertz CT molecular complexity index is 339. The minimum Gasteiger partial charge on any atom is -0.493 e. The molecule has 0 spiro atoms. The van der Waals surface area contributed by atoms with Gasteiger partial charge in [0.1, 0.15) is 5.76 Å². The molecule has 1 aliphatic rings. The molecule has 0 bridgehead atoms. The van der Waals surface area contributed by atoms with E-state index < -0.39 is 0 Å². The molecule has 1 heteroatoms. The van der Waals surface area contributed by atoms with E-state index in [1.54, 1.807) is 0 Å². The number of hydrogen-bond acceptors (Lipinski definition) is 1. The van der Waals surface area contributed by atoms with Gasteiger partial charge in [-0.25, -0.2) is 0 Å². The van der Waals surface area contributed by atoms with Crippen LogP contribution in [-0.4, -0.2) is 6.61 Å². The maximum Gasteiger partial charge on any atom is 0.122 e. The lowest BCUT2D eigenvalue weighted by Gasteiger charge is -2.15. The van der Waals surface area contributed by atoms with Gasteiger partial charge in [-0.15, -0.1) is 0 Å². The van der Waals surface area contributed by atoms with Crippen LogP contribution in [0.2, 0.25) is 0 Å². The number of benzene rings is 1. The number of aryl methyl sites for hydroxylation is 1. The summed E-state index contributed by atoms with van der Waals surface area (Å²) < 4.78 is 5.62. The van der Waals surface area contributed by atoms with Crippen LogP contribution in [0.1, 0.15) is 30.9 Å². The van der Waals surface area contributed by atoms with E-state index in [1.807, 2.05) is 0 Å². The van der Waals surface area contributed by atoms with Crippen LogP contribution >= 0.6 is 0 Å². The Morgan fingerprint density at radius 2 is 2.29 bits per heavy atom. The van der Waals surface area contributed by atoms with E-state index >= 15 is 0 Å². The average Bonchev–Trinajstić information content (AvgIpc) is 2.30. The Labute approximate surface area is 85.4 Å². The normalized spacial score (nSPS) is 15.9. The van der Waals surface area contributed by atoms with Crippen LogP contribution in [0.5, 0.6) is 0 Å². The summed E-state index contributed by atoms with van der Waals surface area (Å²) in [6.45, 7) is 3.04. The topological polar surface area (TPSA) is 9.23 Å². The third-order valence-electron chi connectivity index (χ3n) is 2.56. The van der Waals surface area contributed by atoms with Gasteiger partial charge in [0.25, 0.3) is 0 Å². The highest BCUT2D eigenvalue weighted by Gasteiger charge is 2.06. The molecule has 0 saturated heterocycles. The molecule has 0 fully saturated rings. The van der Waals surface area contributed by atoms with E-state index in [9.17, 15) is 0 Å². The first-order valence-corrected chi connectivity index (χ1v) is 5.32. The van der Waals surface area contributed by atoms with Crippen molar-refractivity contribution in [2.75, 3.05) is 6.61 Å². The minimum atomic E-state index is 0.863. The second-order valence-electron chi connectivity index (χ2n) is 3.61. The summed E-state index contributed by atoms with van der Waals surface area (Å²) in [6.07, 6.45) is 5.57. The molecule has 0 radical (unpaired) electrons. The molecule has 74 valence electrons. The molecule has 1 heterocycles. The molecular weight excluding hydrogens is 172 g/mol. The minimum absolute atomic E-state index is 0.863. The molecule has 1 aliphatic heterocycles. The second-order valence-corrected chi connectivity index (χ2v) is 3.61. The predicted molar refractivity (Wildman–Crippen MR) is 59.0 cm³/mol. The van der Waals surface area contributed by atoms with E-state index in [-0.39, 0.29) is 0 Å². The van der Waals surface area contributed by atoms with Crippen molar-refractivity contribution in [2.45, 2.75) is 26.2 Å². The van der Waals surface area contributed by atoms with Crippen LogP contribution in [0.15, 0.2) is 30.3 Å². The summed E-state index contributed by atoms with van der Waals surface area (Å²) in [6, 6.07) is 8.60. The van der Waals surface area contributed by atoms with Gasteiger partial charge in [0.15, 0.2) is 0 Å². The fourth-order valence-electron chi connectivity index (χ4n) is 1.70.